The minimum Gasteiger partial charge on any atom is -0.316 e. The first-order chi connectivity index (χ1) is 8.05. The highest BCUT2D eigenvalue weighted by Crippen LogP contribution is 2.19. The van der Waals surface area contributed by atoms with Crippen LogP contribution in [0.5, 0.6) is 0 Å². The van der Waals surface area contributed by atoms with E-state index in [0.29, 0.717) is 11.3 Å². The van der Waals surface area contributed by atoms with Gasteiger partial charge in [-0.3, -0.25) is 0 Å². The second-order valence-corrected chi connectivity index (χ2v) is 5.79. The largest absolute Gasteiger partial charge is 0.316 e. The van der Waals surface area contributed by atoms with Crippen LogP contribution in [-0.4, -0.2) is 13.1 Å². The lowest BCUT2D eigenvalue weighted by molar-refractivity contribution is 0.326. The number of hydrogen-bond acceptors (Lipinski definition) is 1. The summed E-state index contributed by atoms with van der Waals surface area (Å²) in [5.41, 5.74) is 1.87. The van der Waals surface area contributed by atoms with Gasteiger partial charge in [0.05, 0.1) is 0 Å². The maximum Gasteiger partial charge on any atom is 0.000242 e. The minimum atomic E-state index is 0.427. The second-order valence-electron chi connectivity index (χ2n) is 5.79. The van der Waals surface area contributed by atoms with Crippen LogP contribution >= 0.6 is 0 Å². The Morgan fingerprint density at radius 1 is 1.18 bits per heavy atom. The molecule has 0 spiro atoms. The highest BCUT2D eigenvalue weighted by Gasteiger charge is 2.14. The van der Waals surface area contributed by atoms with Gasteiger partial charge < -0.3 is 5.32 Å². The summed E-state index contributed by atoms with van der Waals surface area (Å²) in [4.78, 5) is 0. The molecule has 1 heteroatoms. The van der Waals surface area contributed by atoms with Gasteiger partial charge in [-0.2, -0.15) is 0 Å². The van der Waals surface area contributed by atoms with Crippen molar-refractivity contribution in [3.8, 4) is 0 Å². The highest BCUT2D eigenvalue weighted by atomic mass is 14.9. The Morgan fingerprint density at radius 2 is 1.82 bits per heavy atom. The molecule has 0 saturated heterocycles. The summed E-state index contributed by atoms with van der Waals surface area (Å²) in [6.07, 6.45) is 2.44. The molecule has 1 unspecified atom stereocenters. The zero-order valence-corrected chi connectivity index (χ0v) is 11.8. The van der Waals surface area contributed by atoms with E-state index in [0.717, 1.165) is 13.1 Å². The van der Waals surface area contributed by atoms with Crippen LogP contribution in [0.2, 0.25) is 0 Å². The summed E-state index contributed by atoms with van der Waals surface area (Å²) >= 11 is 0. The van der Waals surface area contributed by atoms with Crippen molar-refractivity contribution in [2.75, 3.05) is 13.1 Å². The van der Waals surface area contributed by atoms with Crippen LogP contribution in [0.25, 0.3) is 0 Å². The van der Waals surface area contributed by atoms with Crippen molar-refractivity contribution in [2.45, 2.75) is 46.5 Å². The van der Waals surface area contributed by atoms with E-state index >= 15 is 0 Å². The summed E-state index contributed by atoms with van der Waals surface area (Å²) in [6, 6.07) is 10.8. The molecule has 1 rings (SSSR count). The third kappa shape index (κ3) is 5.36. The summed E-state index contributed by atoms with van der Waals surface area (Å²) in [6.45, 7) is 11.4. The van der Waals surface area contributed by atoms with Crippen molar-refractivity contribution in [3.63, 3.8) is 0 Å². The standard InChI is InChI=1S/C16H27N/c1-5-16(3,4)13-17-12-11-14(2)15-9-7-6-8-10-15/h6-10,14,17H,5,11-13H2,1-4H3. The first-order valence-electron chi connectivity index (χ1n) is 6.81. The van der Waals surface area contributed by atoms with Crippen LogP contribution in [0.4, 0.5) is 0 Å². The topological polar surface area (TPSA) is 12.0 Å². The molecule has 0 bridgehead atoms. The van der Waals surface area contributed by atoms with E-state index in [9.17, 15) is 0 Å². The van der Waals surface area contributed by atoms with Gasteiger partial charge in [0.15, 0.2) is 0 Å². The molecular weight excluding hydrogens is 206 g/mol. The van der Waals surface area contributed by atoms with E-state index in [1.807, 2.05) is 0 Å². The van der Waals surface area contributed by atoms with E-state index in [1.54, 1.807) is 0 Å². The first kappa shape index (κ1) is 14.2. The molecule has 0 aromatic heterocycles. The van der Waals surface area contributed by atoms with Gasteiger partial charge in [0.25, 0.3) is 0 Å². The molecule has 1 N–H and O–H groups in total. The quantitative estimate of drug-likeness (QED) is 0.696. The number of rotatable bonds is 7. The van der Waals surface area contributed by atoms with Crippen LogP contribution in [0, 0.1) is 5.41 Å². The van der Waals surface area contributed by atoms with E-state index in [1.165, 1.54) is 18.4 Å². The third-order valence-electron chi connectivity index (χ3n) is 3.68. The average Bonchev–Trinajstić information content (AvgIpc) is 2.35. The molecule has 1 aromatic rings. The zero-order valence-electron chi connectivity index (χ0n) is 11.8. The molecule has 0 amide bonds. The fourth-order valence-electron chi connectivity index (χ4n) is 1.82. The van der Waals surface area contributed by atoms with Gasteiger partial charge in [-0.05, 0) is 36.3 Å². The SMILES string of the molecule is CCC(C)(C)CNCCC(C)c1ccccc1. The Kier molecular flexibility index (Phi) is 5.70. The number of benzene rings is 1. The number of hydrogen-bond donors (Lipinski definition) is 1. The molecule has 1 atom stereocenters. The second kappa shape index (κ2) is 6.80. The molecule has 0 aliphatic heterocycles. The van der Waals surface area contributed by atoms with Crippen molar-refractivity contribution in [3.05, 3.63) is 35.9 Å². The summed E-state index contributed by atoms with van der Waals surface area (Å²) in [7, 11) is 0. The maximum absolute atomic E-state index is 3.58. The monoisotopic (exact) mass is 233 g/mol. The van der Waals surface area contributed by atoms with E-state index in [4.69, 9.17) is 0 Å². The smallest absolute Gasteiger partial charge is 0.000242 e. The fourth-order valence-corrected chi connectivity index (χ4v) is 1.82. The Balaban J connectivity index is 2.24. The van der Waals surface area contributed by atoms with Crippen LogP contribution in [0.3, 0.4) is 0 Å². The lowest BCUT2D eigenvalue weighted by Crippen LogP contribution is -2.29. The molecule has 0 aliphatic carbocycles. The van der Waals surface area contributed by atoms with Crippen molar-refractivity contribution in [2.24, 2.45) is 5.41 Å². The Morgan fingerprint density at radius 3 is 2.41 bits per heavy atom. The Hall–Kier alpha value is -0.820. The van der Waals surface area contributed by atoms with E-state index < -0.39 is 0 Å². The average molecular weight is 233 g/mol. The van der Waals surface area contributed by atoms with Gasteiger partial charge in [-0.1, -0.05) is 58.0 Å². The van der Waals surface area contributed by atoms with Gasteiger partial charge in [0.1, 0.15) is 0 Å². The van der Waals surface area contributed by atoms with E-state index in [-0.39, 0.29) is 0 Å². The summed E-state index contributed by atoms with van der Waals surface area (Å²) in [5, 5.41) is 3.58. The first-order valence-corrected chi connectivity index (χ1v) is 6.81. The van der Waals surface area contributed by atoms with Crippen molar-refractivity contribution in [1.29, 1.82) is 0 Å². The minimum absolute atomic E-state index is 0.427. The summed E-state index contributed by atoms with van der Waals surface area (Å²) in [5.74, 6) is 0.647. The van der Waals surface area contributed by atoms with Crippen LogP contribution in [0.1, 0.15) is 52.0 Å². The van der Waals surface area contributed by atoms with Crippen molar-refractivity contribution in [1.82, 2.24) is 5.32 Å². The molecule has 96 valence electrons. The molecule has 1 nitrogen and oxygen atoms in total. The summed E-state index contributed by atoms with van der Waals surface area (Å²) < 4.78 is 0. The fraction of sp³-hybridized carbons (Fsp3) is 0.625. The van der Waals surface area contributed by atoms with Gasteiger partial charge in [0, 0.05) is 6.54 Å². The van der Waals surface area contributed by atoms with Crippen molar-refractivity contribution < 1.29 is 0 Å². The van der Waals surface area contributed by atoms with Crippen molar-refractivity contribution >= 4 is 0 Å². The lowest BCUT2D eigenvalue weighted by Gasteiger charge is -2.23. The lowest BCUT2D eigenvalue weighted by atomic mass is 9.90. The number of nitrogens with one attached hydrogen (secondary N) is 1. The molecule has 0 saturated carbocycles. The molecule has 0 fully saturated rings. The molecular formula is C16H27N. The maximum atomic E-state index is 3.58. The predicted octanol–water partition coefficient (Wildman–Crippen LogP) is 4.21. The molecule has 0 radical (unpaired) electrons. The van der Waals surface area contributed by atoms with Crippen LogP contribution in [0.15, 0.2) is 30.3 Å². The molecule has 0 heterocycles. The van der Waals surface area contributed by atoms with Gasteiger partial charge in [-0.25, -0.2) is 0 Å². The van der Waals surface area contributed by atoms with E-state index in [2.05, 4.69) is 63.3 Å². The van der Waals surface area contributed by atoms with Crippen LogP contribution in [-0.2, 0) is 0 Å². The van der Waals surface area contributed by atoms with Crippen LogP contribution < -0.4 is 5.32 Å². The Labute approximate surface area is 107 Å². The van der Waals surface area contributed by atoms with Gasteiger partial charge in [0.2, 0.25) is 0 Å². The predicted molar refractivity (Wildman–Crippen MR) is 76.4 cm³/mol. The normalized spacial score (nSPS) is 13.6. The molecule has 1 aromatic carbocycles. The molecule has 17 heavy (non-hydrogen) atoms. The van der Waals surface area contributed by atoms with Gasteiger partial charge in [-0.15, -0.1) is 0 Å². The zero-order chi connectivity index (χ0) is 12.7. The highest BCUT2D eigenvalue weighted by molar-refractivity contribution is 5.18. The van der Waals surface area contributed by atoms with Gasteiger partial charge >= 0.3 is 0 Å². The molecule has 0 aliphatic rings. The Bertz CT molecular complexity index is 303. The third-order valence-corrected chi connectivity index (χ3v) is 3.68.